The predicted octanol–water partition coefficient (Wildman–Crippen LogP) is 2.26. The highest BCUT2D eigenvalue weighted by Gasteiger charge is 2.28. The first-order valence-electron chi connectivity index (χ1n) is 7.24. The molecule has 23 heavy (non-hydrogen) atoms. The normalized spacial score (nSPS) is 15.2. The van der Waals surface area contributed by atoms with E-state index >= 15 is 0 Å². The number of amides is 1. The molecule has 0 radical (unpaired) electrons. The molecule has 118 valence electrons. The zero-order valence-corrected chi connectivity index (χ0v) is 13.2. The van der Waals surface area contributed by atoms with Crippen molar-refractivity contribution < 1.29 is 9.53 Å². The summed E-state index contributed by atoms with van der Waals surface area (Å²) in [5, 5.41) is 2.68. The average Bonchev–Trinajstić information content (AvgIpc) is 2.47. The largest absolute Gasteiger partial charge is 0.481 e. The molecule has 1 amide bonds. The highest BCUT2D eigenvalue weighted by atomic mass is 16.5. The van der Waals surface area contributed by atoms with Crippen LogP contribution in [0.15, 0.2) is 47.5 Å². The minimum absolute atomic E-state index is 0.199. The van der Waals surface area contributed by atoms with Gasteiger partial charge in [0.25, 0.3) is 5.56 Å². The topological polar surface area (TPSA) is 73.2 Å². The van der Waals surface area contributed by atoms with E-state index in [0.717, 1.165) is 0 Å². The van der Waals surface area contributed by atoms with Crippen molar-refractivity contribution in [2.75, 3.05) is 5.32 Å². The molecule has 0 unspecified atom stereocenters. The van der Waals surface area contributed by atoms with Crippen molar-refractivity contribution in [3.63, 3.8) is 0 Å². The molecule has 1 aliphatic rings. The molecule has 3 rings (SSSR count). The lowest BCUT2D eigenvalue weighted by molar-refractivity contribution is -0.114. The Hall–Kier alpha value is -2.89. The standard InChI is InChI=1S/C17H17N3O3/c1-11(21)19-12-6-7-15(22)20(10-12)13-9-17(2,3)23-14-5-4-8-18-16(13)14/h4-10H,1-3H3,(H,19,21). The second-order valence-electron chi connectivity index (χ2n) is 5.89. The number of nitrogens with one attached hydrogen (secondary N) is 1. The third kappa shape index (κ3) is 3.01. The van der Waals surface area contributed by atoms with E-state index < -0.39 is 5.60 Å². The Morgan fingerprint density at radius 2 is 2.09 bits per heavy atom. The summed E-state index contributed by atoms with van der Waals surface area (Å²) in [6, 6.07) is 6.59. The van der Waals surface area contributed by atoms with E-state index in [1.54, 1.807) is 24.5 Å². The molecule has 6 nitrogen and oxygen atoms in total. The Labute approximate surface area is 133 Å². The number of nitrogens with zero attached hydrogens (tertiary/aromatic N) is 2. The number of ether oxygens (including phenoxy) is 1. The molecule has 0 fully saturated rings. The van der Waals surface area contributed by atoms with Crippen LogP contribution in [0.25, 0.3) is 5.70 Å². The first kappa shape index (κ1) is 15.0. The molecule has 2 aromatic heterocycles. The molecule has 2 aromatic rings. The van der Waals surface area contributed by atoms with Crippen molar-refractivity contribution in [1.82, 2.24) is 9.55 Å². The van der Waals surface area contributed by atoms with Crippen LogP contribution in [0.5, 0.6) is 5.75 Å². The van der Waals surface area contributed by atoms with E-state index in [0.29, 0.717) is 22.8 Å². The molecule has 0 aromatic carbocycles. The molecule has 0 spiro atoms. The molecule has 0 saturated carbocycles. The van der Waals surface area contributed by atoms with Crippen LogP contribution in [0.3, 0.4) is 0 Å². The van der Waals surface area contributed by atoms with Crippen molar-refractivity contribution in [3.05, 3.63) is 58.8 Å². The Morgan fingerprint density at radius 1 is 1.30 bits per heavy atom. The maximum atomic E-state index is 12.3. The van der Waals surface area contributed by atoms with Crippen LogP contribution in [0.1, 0.15) is 26.5 Å². The van der Waals surface area contributed by atoms with Gasteiger partial charge < -0.3 is 10.1 Å². The summed E-state index contributed by atoms with van der Waals surface area (Å²) < 4.78 is 7.36. The number of pyridine rings is 2. The van der Waals surface area contributed by atoms with Crippen LogP contribution in [-0.2, 0) is 4.79 Å². The van der Waals surface area contributed by atoms with Crippen molar-refractivity contribution in [1.29, 1.82) is 0 Å². The van der Waals surface area contributed by atoms with Crippen molar-refractivity contribution >= 4 is 17.3 Å². The van der Waals surface area contributed by atoms with E-state index in [1.165, 1.54) is 17.6 Å². The lowest BCUT2D eigenvalue weighted by atomic mass is 10.0. The first-order valence-corrected chi connectivity index (χ1v) is 7.24. The molecule has 1 N–H and O–H groups in total. The van der Waals surface area contributed by atoms with Crippen molar-refractivity contribution in [2.24, 2.45) is 0 Å². The van der Waals surface area contributed by atoms with Gasteiger partial charge in [0.05, 0.1) is 11.4 Å². The Kier molecular flexibility index (Phi) is 3.52. The third-order valence-electron chi connectivity index (χ3n) is 3.36. The monoisotopic (exact) mass is 311 g/mol. The zero-order valence-electron chi connectivity index (χ0n) is 13.2. The molecule has 3 heterocycles. The average molecular weight is 311 g/mol. The van der Waals surface area contributed by atoms with Crippen molar-refractivity contribution in [2.45, 2.75) is 26.4 Å². The van der Waals surface area contributed by atoms with Gasteiger partial charge in [0.2, 0.25) is 5.91 Å². The fraction of sp³-hybridized carbons (Fsp3) is 0.235. The number of fused-ring (bicyclic) bond motifs is 1. The van der Waals surface area contributed by atoms with Crippen LogP contribution in [-0.4, -0.2) is 21.1 Å². The lowest BCUT2D eigenvalue weighted by Crippen LogP contribution is -2.32. The molecular formula is C17H17N3O3. The van der Waals surface area contributed by atoms with E-state index in [-0.39, 0.29) is 11.5 Å². The number of carbonyl (C=O) groups is 1. The molecule has 0 bridgehead atoms. The molecule has 0 aliphatic carbocycles. The number of carbonyl (C=O) groups excluding carboxylic acids is 1. The SMILES string of the molecule is CC(=O)Nc1ccc(=O)n(C2=CC(C)(C)Oc3cccnc32)c1. The molecule has 6 heteroatoms. The maximum absolute atomic E-state index is 12.3. The number of hydrogen-bond acceptors (Lipinski definition) is 4. The quantitative estimate of drug-likeness (QED) is 0.923. The summed E-state index contributed by atoms with van der Waals surface area (Å²) >= 11 is 0. The first-order chi connectivity index (χ1) is 10.9. The second-order valence-corrected chi connectivity index (χ2v) is 5.89. The fourth-order valence-electron chi connectivity index (χ4n) is 2.51. The van der Waals surface area contributed by atoms with Gasteiger partial charge in [-0.15, -0.1) is 0 Å². The maximum Gasteiger partial charge on any atom is 0.255 e. The molecular weight excluding hydrogens is 294 g/mol. The summed E-state index contributed by atoms with van der Waals surface area (Å²) in [6.07, 6.45) is 5.09. The van der Waals surface area contributed by atoms with Gasteiger partial charge in [0.1, 0.15) is 17.0 Å². The predicted molar refractivity (Wildman–Crippen MR) is 87.3 cm³/mol. The number of rotatable bonds is 2. The summed E-state index contributed by atoms with van der Waals surface area (Å²) in [6.45, 7) is 5.24. The van der Waals surface area contributed by atoms with E-state index in [4.69, 9.17) is 4.74 Å². The molecule has 1 aliphatic heterocycles. The van der Waals surface area contributed by atoms with Gasteiger partial charge in [-0.1, -0.05) is 0 Å². The van der Waals surface area contributed by atoms with Gasteiger partial charge in [-0.05, 0) is 38.1 Å². The number of anilines is 1. The van der Waals surface area contributed by atoms with E-state index in [1.807, 2.05) is 26.0 Å². The van der Waals surface area contributed by atoms with Crippen LogP contribution in [0, 0.1) is 0 Å². The van der Waals surface area contributed by atoms with Crippen LogP contribution in [0.4, 0.5) is 5.69 Å². The minimum atomic E-state index is -0.575. The fourth-order valence-corrected chi connectivity index (χ4v) is 2.51. The van der Waals surface area contributed by atoms with Gasteiger partial charge in [0, 0.05) is 25.4 Å². The highest BCUT2D eigenvalue weighted by Crippen LogP contribution is 2.34. The Bertz CT molecular complexity index is 865. The lowest BCUT2D eigenvalue weighted by Gasteiger charge is -2.30. The van der Waals surface area contributed by atoms with Gasteiger partial charge in [0.15, 0.2) is 0 Å². The zero-order chi connectivity index (χ0) is 16.6. The van der Waals surface area contributed by atoms with Gasteiger partial charge >= 0.3 is 0 Å². The van der Waals surface area contributed by atoms with Gasteiger partial charge in [-0.3, -0.25) is 19.1 Å². The Balaban J connectivity index is 2.18. The smallest absolute Gasteiger partial charge is 0.255 e. The van der Waals surface area contributed by atoms with Gasteiger partial charge in [-0.2, -0.15) is 0 Å². The second kappa shape index (κ2) is 5.39. The van der Waals surface area contributed by atoms with E-state index in [9.17, 15) is 9.59 Å². The highest BCUT2D eigenvalue weighted by molar-refractivity contribution is 5.88. The summed E-state index contributed by atoms with van der Waals surface area (Å²) in [5.41, 5.74) is 0.983. The van der Waals surface area contributed by atoms with Crippen LogP contribution in [0.2, 0.25) is 0 Å². The minimum Gasteiger partial charge on any atom is -0.481 e. The van der Waals surface area contributed by atoms with Crippen LogP contribution >= 0.6 is 0 Å². The Morgan fingerprint density at radius 3 is 2.83 bits per heavy atom. The van der Waals surface area contributed by atoms with E-state index in [2.05, 4.69) is 10.3 Å². The number of hydrogen-bond donors (Lipinski definition) is 1. The van der Waals surface area contributed by atoms with Crippen LogP contribution < -0.4 is 15.6 Å². The third-order valence-corrected chi connectivity index (χ3v) is 3.36. The summed E-state index contributed by atoms with van der Waals surface area (Å²) in [7, 11) is 0. The summed E-state index contributed by atoms with van der Waals surface area (Å²) in [4.78, 5) is 27.9. The summed E-state index contributed by atoms with van der Waals surface area (Å²) in [5.74, 6) is 0.418. The van der Waals surface area contributed by atoms with Crippen molar-refractivity contribution in [3.8, 4) is 5.75 Å². The number of aromatic nitrogens is 2. The molecule has 0 atom stereocenters. The van der Waals surface area contributed by atoms with Gasteiger partial charge in [-0.25, -0.2) is 0 Å². The molecule has 0 saturated heterocycles.